The standard InChI is InChI=1S/C13H23N3OS/c1-5-10-7-15-13(18-10)9(4)16-12(17)11(6-14)8(2)3/h7-9,11H,5-6,14H2,1-4H3,(H,16,17). The van der Waals surface area contributed by atoms with Crippen molar-refractivity contribution in [3.05, 3.63) is 16.1 Å². The number of hydrogen-bond donors (Lipinski definition) is 2. The summed E-state index contributed by atoms with van der Waals surface area (Å²) in [5.74, 6) is 0.149. The van der Waals surface area contributed by atoms with Crippen molar-refractivity contribution in [2.75, 3.05) is 6.54 Å². The lowest BCUT2D eigenvalue weighted by molar-refractivity contribution is -0.126. The Morgan fingerprint density at radius 2 is 2.17 bits per heavy atom. The molecule has 18 heavy (non-hydrogen) atoms. The number of nitrogens with two attached hydrogens (primary N) is 1. The predicted molar refractivity (Wildman–Crippen MR) is 75.4 cm³/mol. The zero-order chi connectivity index (χ0) is 13.7. The van der Waals surface area contributed by atoms with Crippen molar-refractivity contribution in [2.24, 2.45) is 17.6 Å². The largest absolute Gasteiger partial charge is 0.347 e. The Morgan fingerprint density at radius 3 is 2.61 bits per heavy atom. The third-order valence-corrected chi connectivity index (χ3v) is 4.37. The second kappa shape index (κ2) is 6.85. The van der Waals surface area contributed by atoms with E-state index in [4.69, 9.17) is 5.73 Å². The second-order valence-corrected chi connectivity index (χ2v) is 5.98. The Morgan fingerprint density at radius 1 is 1.50 bits per heavy atom. The van der Waals surface area contributed by atoms with E-state index in [9.17, 15) is 4.79 Å². The molecule has 0 saturated carbocycles. The van der Waals surface area contributed by atoms with Gasteiger partial charge in [-0.2, -0.15) is 0 Å². The summed E-state index contributed by atoms with van der Waals surface area (Å²) in [6.07, 6.45) is 2.86. The molecule has 0 aromatic carbocycles. The lowest BCUT2D eigenvalue weighted by Crippen LogP contribution is -2.39. The molecule has 1 aromatic rings. The SMILES string of the molecule is CCc1cnc(C(C)NC(=O)C(CN)C(C)C)s1. The number of rotatable bonds is 6. The fourth-order valence-corrected chi connectivity index (χ4v) is 2.61. The van der Waals surface area contributed by atoms with Crippen LogP contribution in [0, 0.1) is 11.8 Å². The maximum atomic E-state index is 12.1. The number of hydrogen-bond acceptors (Lipinski definition) is 4. The Labute approximate surface area is 113 Å². The maximum Gasteiger partial charge on any atom is 0.225 e. The summed E-state index contributed by atoms with van der Waals surface area (Å²) >= 11 is 1.65. The van der Waals surface area contributed by atoms with Gasteiger partial charge in [-0.15, -0.1) is 11.3 Å². The van der Waals surface area contributed by atoms with E-state index in [0.717, 1.165) is 11.4 Å². The third kappa shape index (κ3) is 3.78. The van der Waals surface area contributed by atoms with E-state index in [1.165, 1.54) is 4.88 Å². The molecule has 0 fully saturated rings. The normalized spacial score (nSPS) is 14.6. The summed E-state index contributed by atoms with van der Waals surface area (Å²) < 4.78 is 0. The van der Waals surface area contributed by atoms with Crippen LogP contribution in [0.15, 0.2) is 6.20 Å². The van der Waals surface area contributed by atoms with Gasteiger partial charge < -0.3 is 11.1 Å². The first kappa shape index (κ1) is 15.1. The lowest BCUT2D eigenvalue weighted by atomic mass is 9.95. The average Bonchev–Trinajstić information content (AvgIpc) is 2.77. The van der Waals surface area contributed by atoms with Gasteiger partial charge in [-0.3, -0.25) is 4.79 Å². The van der Waals surface area contributed by atoms with Crippen LogP contribution in [-0.2, 0) is 11.2 Å². The van der Waals surface area contributed by atoms with Gasteiger partial charge in [0.15, 0.2) is 0 Å². The third-order valence-electron chi connectivity index (χ3n) is 3.04. The molecule has 1 amide bonds. The van der Waals surface area contributed by atoms with E-state index in [0.29, 0.717) is 6.54 Å². The van der Waals surface area contributed by atoms with Gasteiger partial charge in [0.1, 0.15) is 5.01 Å². The topological polar surface area (TPSA) is 68.0 Å². The summed E-state index contributed by atoms with van der Waals surface area (Å²) in [7, 11) is 0. The first-order valence-corrected chi connectivity index (χ1v) is 7.26. The highest BCUT2D eigenvalue weighted by atomic mass is 32.1. The molecule has 0 aliphatic carbocycles. The Hall–Kier alpha value is -0.940. The molecule has 102 valence electrons. The van der Waals surface area contributed by atoms with Crippen molar-refractivity contribution in [3.63, 3.8) is 0 Å². The minimum atomic E-state index is -0.127. The minimum Gasteiger partial charge on any atom is -0.347 e. The fraction of sp³-hybridized carbons (Fsp3) is 0.692. The average molecular weight is 269 g/mol. The van der Waals surface area contributed by atoms with Crippen molar-refractivity contribution in [3.8, 4) is 0 Å². The van der Waals surface area contributed by atoms with E-state index >= 15 is 0 Å². The van der Waals surface area contributed by atoms with Gasteiger partial charge in [0.25, 0.3) is 0 Å². The minimum absolute atomic E-state index is 0.0215. The van der Waals surface area contributed by atoms with Crippen LogP contribution in [0.25, 0.3) is 0 Å². The number of thiazole rings is 1. The van der Waals surface area contributed by atoms with Crippen LogP contribution in [0.2, 0.25) is 0 Å². The Kier molecular flexibility index (Phi) is 5.75. The van der Waals surface area contributed by atoms with Gasteiger partial charge in [0.2, 0.25) is 5.91 Å². The highest BCUT2D eigenvalue weighted by molar-refractivity contribution is 7.11. The van der Waals surface area contributed by atoms with Crippen molar-refractivity contribution in [2.45, 2.75) is 40.2 Å². The summed E-state index contributed by atoms with van der Waals surface area (Å²) in [5, 5.41) is 3.95. The molecule has 0 bridgehead atoms. The molecule has 2 atom stereocenters. The van der Waals surface area contributed by atoms with Crippen LogP contribution in [0.5, 0.6) is 0 Å². The van der Waals surface area contributed by atoms with Crippen LogP contribution in [-0.4, -0.2) is 17.4 Å². The van der Waals surface area contributed by atoms with Crippen molar-refractivity contribution < 1.29 is 4.79 Å². The quantitative estimate of drug-likeness (QED) is 0.831. The van der Waals surface area contributed by atoms with Crippen LogP contribution in [0.3, 0.4) is 0 Å². The van der Waals surface area contributed by atoms with E-state index in [-0.39, 0.29) is 23.8 Å². The summed E-state index contributed by atoms with van der Waals surface area (Å²) in [6.45, 7) is 8.48. The van der Waals surface area contributed by atoms with Crippen LogP contribution >= 0.6 is 11.3 Å². The van der Waals surface area contributed by atoms with Gasteiger partial charge in [-0.25, -0.2) is 4.98 Å². The van der Waals surface area contributed by atoms with E-state index < -0.39 is 0 Å². The number of nitrogens with zero attached hydrogens (tertiary/aromatic N) is 1. The summed E-state index contributed by atoms with van der Waals surface area (Å²) in [5.41, 5.74) is 5.64. The molecule has 1 aromatic heterocycles. The molecule has 1 heterocycles. The van der Waals surface area contributed by atoms with Crippen molar-refractivity contribution >= 4 is 17.2 Å². The highest BCUT2D eigenvalue weighted by Crippen LogP contribution is 2.21. The van der Waals surface area contributed by atoms with Crippen LogP contribution < -0.4 is 11.1 Å². The second-order valence-electron chi connectivity index (χ2n) is 4.83. The number of carbonyl (C=O) groups excluding carboxylic acids is 1. The fourth-order valence-electron chi connectivity index (χ4n) is 1.75. The summed E-state index contributed by atoms with van der Waals surface area (Å²) in [4.78, 5) is 17.6. The number of amides is 1. The maximum absolute atomic E-state index is 12.1. The molecular formula is C13H23N3OS. The number of carbonyl (C=O) groups is 1. The molecule has 0 radical (unpaired) electrons. The molecule has 2 unspecified atom stereocenters. The zero-order valence-electron chi connectivity index (χ0n) is 11.6. The molecule has 0 aliphatic rings. The monoisotopic (exact) mass is 269 g/mol. The van der Waals surface area contributed by atoms with Gasteiger partial charge in [-0.1, -0.05) is 20.8 Å². The van der Waals surface area contributed by atoms with Crippen LogP contribution in [0.1, 0.15) is 43.6 Å². The Bertz CT molecular complexity index is 389. The first-order chi connectivity index (χ1) is 8.49. The molecular weight excluding hydrogens is 246 g/mol. The zero-order valence-corrected chi connectivity index (χ0v) is 12.4. The molecule has 3 N–H and O–H groups in total. The first-order valence-electron chi connectivity index (χ1n) is 6.44. The van der Waals surface area contributed by atoms with Gasteiger partial charge in [0.05, 0.1) is 12.0 Å². The number of aryl methyl sites for hydroxylation is 1. The van der Waals surface area contributed by atoms with E-state index in [2.05, 4.69) is 17.2 Å². The van der Waals surface area contributed by atoms with Crippen molar-refractivity contribution in [1.29, 1.82) is 0 Å². The van der Waals surface area contributed by atoms with Gasteiger partial charge in [-0.05, 0) is 19.3 Å². The molecule has 5 heteroatoms. The van der Waals surface area contributed by atoms with E-state index in [1.807, 2.05) is 27.0 Å². The molecule has 4 nitrogen and oxygen atoms in total. The predicted octanol–water partition coefficient (Wildman–Crippen LogP) is 2.11. The molecule has 0 saturated heterocycles. The van der Waals surface area contributed by atoms with Crippen LogP contribution in [0.4, 0.5) is 0 Å². The van der Waals surface area contributed by atoms with Gasteiger partial charge in [0, 0.05) is 17.6 Å². The molecule has 1 rings (SSSR count). The summed E-state index contributed by atoms with van der Waals surface area (Å²) in [6, 6.07) is -0.0457. The molecule has 0 spiro atoms. The van der Waals surface area contributed by atoms with Crippen molar-refractivity contribution in [1.82, 2.24) is 10.3 Å². The lowest BCUT2D eigenvalue weighted by Gasteiger charge is -2.20. The number of nitrogens with one attached hydrogen (secondary N) is 1. The van der Waals surface area contributed by atoms with E-state index in [1.54, 1.807) is 11.3 Å². The Balaban J connectivity index is 2.63. The number of aromatic nitrogens is 1. The van der Waals surface area contributed by atoms with Gasteiger partial charge >= 0.3 is 0 Å². The smallest absolute Gasteiger partial charge is 0.225 e. The highest BCUT2D eigenvalue weighted by Gasteiger charge is 2.23. The molecule has 0 aliphatic heterocycles.